The van der Waals surface area contributed by atoms with Crippen molar-refractivity contribution in [3.05, 3.63) is 25.3 Å². The number of esters is 1. The molecule has 3 saturated heterocycles. The van der Waals surface area contributed by atoms with Gasteiger partial charge in [0, 0.05) is 17.9 Å². The van der Waals surface area contributed by atoms with Gasteiger partial charge in [-0.1, -0.05) is 41.4 Å². The minimum atomic E-state index is -1.14. The Morgan fingerprint density at radius 2 is 2.09 bits per heavy atom. The maximum absolute atomic E-state index is 14.0. The second kappa shape index (κ2) is 12.0. The minimum absolute atomic E-state index is 0.187. The Labute approximate surface area is 216 Å². The zero-order valence-electron chi connectivity index (χ0n) is 20.9. The zero-order valence-corrected chi connectivity index (χ0v) is 22.5. The van der Waals surface area contributed by atoms with Crippen LogP contribution in [0.4, 0.5) is 0 Å². The molecule has 2 amide bonds. The quantitative estimate of drug-likeness (QED) is 0.153. The van der Waals surface area contributed by atoms with Crippen molar-refractivity contribution in [3.63, 3.8) is 0 Å². The number of rotatable bonds is 14. The number of nitrogens with zero attached hydrogens (tertiary/aromatic N) is 2. The minimum Gasteiger partial charge on any atom is -0.465 e. The number of hydrogen-bond acceptors (Lipinski definition) is 6. The number of aliphatic hydroxyl groups is 1. The highest BCUT2D eigenvalue weighted by molar-refractivity contribution is 9.09. The van der Waals surface area contributed by atoms with E-state index in [1.165, 1.54) is 4.90 Å². The van der Waals surface area contributed by atoms with Crippen LogP contribution in [0.3, 0.4) is 0 Å². The van der Waals surface area contributed by atoms with Crippen LogP contribution in [0, 0.1) is 11.8 Å². The molecule has 1 spiro atoms. The summed E-state index contributed by atoms with van der Waals surface area (Å²) in [5, 5.41) is 9.96. The van der Waals surface area contributed by atoms with E-state index < -0.39 is 41.6 Å². The standard InChI is InChI=1S/C26H39BrN2O6/c1-5-8-10-11-14-34-25(33)19-20-23(31)29(17(4)16-30)22(26(20)15-18(27)21(19)35-26)24(32)28(12-7-3)13-9-6-2/h5,7,17-22,30H,1,3,6,8-16H2,2,4H3/t17-,18?,19-,20+,21-,22?,26?/m1/s1. The first-order valence-electron chi connectivity index (χ1n) is 12.7. The van der Waals surface area contributed by atoms with Crippen LogP contribution in [0.1, 0.15) is 52.4 Å². The fourth-order valence-electron chi connectivity index (χ4n) is 5.81. The lowest BCUT2D eigenvalue weighted by Crippen LogP contribution is -2.58. The number of ether oxygens (including phenoxy) is 2. The first kappa shape index (κ1) is 27.9. The first-order valence-corrected chi connectivity index (χ1v) is 13.6. The van der Waals surface area contributed by atoms with Gasteiger partial charge in [0.25, 0.3) is 0 Å². The Balaban J connectivity index is 1.93. The van der Waals surface area contributed by atoms with Gasteiger partial charge in [0.05, 0.1) is 37.2 Å². The van der Waals surface area contributed by atoms with Crippen molar-refractivity contribution in [1.29, 1.82) is 0 Å². The Morgan fingerprint density at radius 3 is 2.71 bits per heavy atom. The zero-order chi connectivity index (χ0) is 25.8. The normalized spacial score (nSPS) is 31.8. The summed E-state index contributed by atoms with van der Waals surface area (Å²) < 4.78 is 12.0. The van der Waals surface area contributed by atoms with Gasteiger partial charge in [-0.2, -0.15) is 0 Å². The number of halogens is 1. The molecule has 0 aromatic rings. The summed E-state index contributed by atoms with van der Waals surface area (Å²) in [6.45, 7) is 12.1. The van der Waals surface area contributed by atoms with Crippen LogP contribution in [-0.4, -0.2) is 87.6 Å². The molecular weight excluding hydrogens is 516 g/mol. The third-order valence-electron chi connectivity index (χ3n) is 7.46. The number of carbonyl (C=O) groups excluding carboxylic acids is 3. The summed E-state index contributed by atoms with van der Waals surface area (Å²) in [4.78, 5) is 44.0. The van der Waals surface area contributed by atoms with Gasteiger partial charge in [0.15, 0.2) is 0 Å². The number of amides is 2. The molecule has 3 heterocycles. The predicted molar refractivity (Wildman–Crippen MR) is 136 cm³/mol. The molecular formula is C26H39BrN2O6. The Morgan fingerprint density at radius 1 is 1.34 bits per heavy atom. The predicted octanol–water partition coefficient (Wildman–Crippen LogP) is 2.83. The van der Waals surface area contributed by atoms with Crippen molar-refractivity contribution >= 4 is 33.7 Å². The molecule has 35 heavy (non-hydrogen) atoms. The number of carbonyl (C=O) groups is 3. The molecule has 3 fully saturated rings. The van der Waals surface area contributed by atoms with Crippen molar-refractivity contribution in [3.8, 4) is 0 Å². The van der Waals surface area contributed by atoms with Gasteiger partial charge in [-0.15, -0.1) is 13.2 Å². The number of hydrogen-bond donors (Lipinski definition) is 1. The fraction of sp³-hybridized carbons (Fsp3) is 0.731. The van der Waals surface area contributed by atoms with E-state index in [1.807, 2.05) is 6.08 Å². The van der Waals surface area contributed by atoms with E-state index in [1.54, 1.807) is 17.9 Å². The molecule has 9 heteroatoms. The van der Waals surface area contributed by atoms with E-state index in [4.69, 9.17) is 9.47 Å². The van der Waals surface area contributed by atoms with E-state index in [0.717, 1.165) is 25.7 Å². The molecule has 2 bridgehead atoms. The summed E-state index contributed by atoms with van der Waals surface area (Å²) in [6.07, 6.45) is 7.53. The van der Waals surface area contributed by atoms with Gasteiger partial charge in [-0.25, -0.2) is 0 Å². The highest BCUT2D eigenvalue weighted by atomic mass is 79.9. The highest BCUT2D eigenvalue weighted by Crippen LogP contribution is 2.60. The molecule has 0 aliphatic carbocycles. The Bertz CT molecular complexity index is 822. The van der Waals surface area contributed by atoms with E-state index in [2.05, 4.69) is 36.0 Å². The molecule has 7 atom stereocenters. The van der Waals surface area contributed by atoms with Gasteiger partial charge in [-0.3, -0.25) is 14.4 Å². The molecule has 3 aliphatic heterocycles. The maximum Gasteiger partial charge on any atom is 0.312 e. The number of allylic oxidation sites excluding steroid dienone is 1. The molecule has 196 valence electrons. The lowest BCUT2D eigenvalue weighted by Gasteiger charge is -2.38. The molecule has 0 aromatic carbocycles. The molecule has 0 saturated carbocycles. The summed E-state index contributed by atoms with van der Waals surface area (Å²) in [5.74, 6) is -2.63. The maximum atomic E-state index is 14.0. The molecule has 3 rings (SSSR count). The van der Waals surface area contributed by atoms with E-state index in [0.29, 0.717) is 25.9 Å². The molecule has 1 N–H and O–H groups in total. The lowest BCUT2D eigenvalue weighted by atomic mass is 9.70. The topological polar surface area (TPSA) is 96.4 Å². The second-order valence-corrected chi connectivity index (χ2v) is 11.0. The molecule has 3 unspecified atom stereocenters. The Kier molecular flexibility index (Phi) is 9.57. The van der Waals surface area contributed by atoms with Crippen LogP contribution in [0.15, 0.2) is 25.3 Å². The smallest absolute Gasteiger partial charge is 0.312 e. The lowest BCUT2D eigenvalue weighted by molar-refractivity contribution is -0.156. The summed E-state index contributed by atoms with van der Waals surface area (Å²) in [5.41, 5.74) is -1.14. The first-order chi connectivity index (χ1) is 16.8. The van der Waals surface area contributed by atoms with Crippen molar-refractivity contribution in [1.82, 2.24) is 9.80 Å². The second-order valence-electron chi connectivity index (χ2n) is 9.82. The molecule has 0 aromatic heterocycles. The SMILES string of the molecule is C=CCCCCOC(=O)[C@H]1[C@@H]2OC3(CC2Br)C(C(=O)N(CC=C)CCCC)N([C@H](C)CO)C(=O)[C@H]13. The third-order valence-corrected chi connectivity index (χ3v) is 8.31. The van der Waals surface area contributed by atoms with Gasteiger partial charge in [0.2, 0.25) is 11.8 Å². The van der Waals surface area contributed by atoms with Crippen LogP contribution in [0.25, 0.3) is 0 Å². The van der Waals surface area contributed by atoms with E-state index >= 15 is 0 Å². The number of aliphatic hydroxyl groups excluding tert-OH is 1. The largest absolute Gasteiger partial charge is 0.465 e. The molecule has 0 radical (unpaired) electrons. The number of unbranched alkanes of at least 4 members (excludes halogenated alkanes) is 3. The van der Waals surface area contributed by atoms with Crippen molar-refractivity contribution in [2.24, 2.45) is 11.8 Å². The number of likely N-dealkylation sites (tertiary alicyclic amines) is 1. The van der Waals surface area contributed by atoms with E-state index in [-0.39, 0.29) is 29.9 Å². The Hall–Kier alpha value is -1.71. The third kappa shape index (κ3) is 5.09. The van der Waals surface area contributed by atoms with Gasteiger partial charge >= 0.3 is 5.97 Å². The van der Waals surface area contributed by atoms with Crippen molar-refractivity contribution < 1.29 is 29.0 Å². The van der Waals surface area contributed by atoms with Gasteiger partial charge in [-0.05, 0) is 39.0 Å². The summed E-state index contributed by atoms with van der Waals surface area (Å²) in [6, 6.07) is -1.52. The van der Waals surface area contributed by atoms with Crippen molar-refractivity contribution in [2.45, 2.75) is 81.0 Å². The van der Waals surface area contributed by atoms with Crippen LogP contribution in [0.5, 0.6) is 0 Å². The molecule has 8 nitrogen and oxygen atoms in total. The highest BCUT2D eigenvalue weighted by Gasteiger charge is 2.77. The monoisotopic (exact) mass is 554 g/mol. The van der Waals surface area contributed by atoms with E-state index in [9.17, 15) is 19.5 Å². The van der Waals surface area contributed by atoms with Crippen LogP contribution < -0.4 is 0 Å². The van der Waals surface area contributed by atoms with Gasteiger partial charge in [0.1, 0.15) is 11.6 Å². The summed E-state index contributed by atoms with van der Waals surface area (Å²) in [7, 11) is 0. The number of fused-ring (bicyclic) bond motifs is 1. The van der Waals surface area contributed by atoms with Crippen LogP contribution in [-0.2, 0) is 23.9 Å². The fourth-order valence-corrected chi connectivity index (χ4v) is 6.75. The average Bonchev–Trinajstić information content (AvgIpc) is 3.44. The summed E-state index contributed by atoms with van der Waals surface area (Å²) >= 11 is 3.65. The van der Waals surface area contributed by atoms with Crippen LogP contribution >= 0.6 is 15.9 Å². The van der Waals surface area contributed by atoms with Crippen LogP contribution in [0.2, 0.25) is 0 Å². The molecule has 3 aliphatic rings. The number of alkyl halides is 1. The van der Waals surface area contributed by atoms with Crippen molar-refractivity contribution in [2.75, 3.05) is 26.3 Å². The van der Waals surface area contributed by atoms with Gasteiger partial charge < -0.3 is 24.4 Å². The average molecular weight is 556 g/mol.